The van der Waals surface area contributed by atoms with Crippen molar-refractivity contribution in [3.8, 4) is 0 Å². The minimum absolute atomic E-state index is 0.317. The summed E-state index contributed by atoms with van der Waals surface area (Å²) in [6.07, 6.45) is 5.88. The smallest absolute Gasteiger partial charge is 0.222 e. The first-order chi connectivity index (χ1) is 7.74. The highest BCUT2D eigenvalue weighted by Gasteiger charge is 2.20. The van der Waals surface area contributed by atoms with E-state index in [9.17, 15) is 4.79 Å². The molecular weight excluding hydrogens is 319 g/mol. The highest BCUT2D eigenvalue weighted by atomic mass is 127. The van der Waals surface area contributed by atoms with Gasteiger partial charge in [0, 0.05) is 23.4 Å². The lowest BCUT2D eigenvalue weighted by molar-refractivity contribution is -0.132. The van der Waals surface area contributed by atoms with Crippen LogP contribution in [0.5, 0.6) is 0 Å². The van der Waals surface area contributed by atoms with Gasteiger partial charge in [0.2, 0.25) is 5.91 Å². The van der Waals surface area contributed by atoms with E-state index in [4.69, 9.17) is 5.90 Å². The highest BCUT2D eigenvalue weighted by molar-refractivity contribution is 14.1. The molecule has 16 heavy (non-hydrogen) atoms. The van der Waals surface area contributed by atoms with Gasteiger partial charge in [0.15, 0.2) is 0 Å². The molecule has 0 aromatic carbocycles. The zero-order valence-corrected chi connectivity index (χ0v) is 11.8. The summed E-state index contributed by atoms with van der Waals surface area (Å²) in [7, 11) is 0. The van der Waals surface area contributed by atoms with Crippen LogP contribution in [-0.4, -0.2) is 34.4 Å². The first kappa shape index (κ1) is 14.2. The zero-order valence-electron chi connectivity index (χ0n) is 9.66. The van der Waals surface area contributed by atoms with Gasteiger partial charge < -0.3 is 9.74 Å². The summed E-state index contributed by atoms with van der Waals surface area (Å²) < 4.78 is 0.753. The number of hydrogen-bond donors (Lipinski definition) is 1. The minimum atomic E-state index is 0.317. The predicted molar refractivity (Wildman–Crippen MR) is 72.2 cm³/mol. The van der Waals surface area contributed by atoms with Gasteiger partial charge in [-0.3, -0.25) is 4.79 Å². The molecule has 0 aromatic heterocycles. The van der Waals surface area contributed by atoms with E-state index >= 15 is 0 Å². The maximum Gasteiger partial charge on any atom is 0.222 e. The number of unbranched alkanes of at least 4 members (excludes halogenated alkanes) is 2. The van der Waals surface area contributed by atoms with Crippen LogP contribution in [0.2, 0.25) is 0 Å². The number of halogens is 1. The number of nitrogens with two attached hydrogens (primary N) is 1. The van der Waals surface area contributed by atoms with E-state index in [0.717, 1.165) is 49.1 Å². The van der Waals surface area contributed by atoms with Crippen molar-refractivity contribution in [3.63, 3.8) is 0 Å². The lowest BCUT2D eigenvalue weighted by Crippen LogP contribution is -2.38. The van der Waals surface area contributed by atoms with Crippen LogP contribution in [0.4, 0.5) is 0 Å². The fourth-order valence-electron chi connectivity index (χ4n) is 1.89. The second-order valence-corrected chi connectivity index (χ2v) is 6.00. The summed E-state index contributed by atoms with van der Waals surface area (Å²) in [5.41, 5.74) is 0. The third-order valence-electron chi connectivity index (χ3n) is 2.93. The minimum Gasteiger partial charge on any atom is -0.343 e. The molecular formula is C11H21IN2O2. The molecule has 0 unspecified atom stereocenters. The van der Waals surface area contributed by atoms with Crippen molar-refractivity contribution in [2.45, 2.75) is 42.4 Å². The Balaban J connectivity index is 2.06. The Morgan fingerprint density at radius 1 is 1.31 bits per heavy atom. The summed E-state index contributed by atoms with van der Waals surface area (Å²) in [6, 6.07) is 0. The quantitative estimate of drug-likeness (QED) is 0.348. The third kappa shape index (κ3) is 5.45. The van der Waals surface area contributed by atoms with Crippen molar-refractivity contribution < 1.29 is 9.63 Å². The summed E-state index contributed by atoms with van der Waals surface area (Å²) in [4.78, 5) is 18.3. The van der Waals surface area contributed by atoms with Gasteiger partial charge in [-0.15, -0.1) is 0 Å². The molecule has 4 nitrogen and oxygen atoms in total. The molecule has 94 valence electrons. The molecule has 0 aliphatic carbocycles. The average Bonchev–Trinajstić information content (AvgIpc) is 2.29. The van der Waals surface area contributed by atoms with E-state index in [0.29, 0.717) is 18.9 Å². The Morgan fingerprint density at radius 3 is 2.62 bits per heavy atom. The van der Waals surface area contributed by atoms with Gasteiger partial charge in [0.1, 0.15) is 0 Å². The number of carbonyl (C=O) groups is 1. The van der Waals surface area contributed by atoms with Crippen LogP contribution in [0.25, 0.3) is 0 Å². The van der Waals surface area contributed by atoms with E-state index in [1.165, 1.54) is 0 Å². The molecule has 1 amide bonds. The summed E-state index contributed by atoms with van der Waals surface area (Å²) >= 11 is 2.47. The third-order valence-corrected chi connectivity index (χ3v) is 4.18. The molecule has 1 aliphatic heterocycles. The van der Waals surface area contributed by atoms with Crippen LogP contribution < -0.4 is 5.90 Å². The molecule has 2 N–H and O–H groups in total. The average molecular weight is 340 g/mol. The van der Waals surface area contributed by atoms with Crippen molar-refractivity contribution in [2.24, 2.45) is 5.90 Å². The maximum atomic E-state index is 11.8. The molecule has 0 saturated carbocycles. The second-order valence-electron chi connectivity index (χ2n) is 4.24. The standard InChI is InChI=1S/C11H21IN2O2/c12-10-5-7-14(8-6-10)11(15)4-2-1-3-9-16-13/h10H,1-9,13H2. The Kier molecular flexibility index (Phi) is 7.31. The molecule has 0 aromatic rings. The van der Waals surface area contributed by atoms with Crippen molar-refractivity contribution in [1.82, 2.24) is 4.90 Å². The lowest BCUT2D eigenvalue weighted by Gasteiger charge is -2.29. The molecule has 0 bridgehead atoms. The molecule has 1 rings (SSSR count). The van der Waals surface area contributed by atoms with Crippen LogP contribution in [0, 0.1) is 0 Å². The fraction of sp³-hybridized carbons (Fsp3) is 0.909. The van der Waals surface area contributed by atoms with Crippen LogP contribution in [0.1, 0.15) is 38.5 Å². The Hall–Kier alpha value is 0.120. The normalized spacial score (nSPS) is 17.8. The Bertz CT molecular complexity index is 206. The van der Waals surface area contributed by atoms with E-state index < -0.39 is 0 Å². The van der Waals surface area contributed by atoms with Crippen LogP contribution in [0.3, 0.4) is 0 Å². The second kappa shape index (κ2) is 8.25. The molecule has 1 heterocycles. The number of hydrogen-bond acceptors (Lipinski definition) is 3. The van der Waals surface area contributed by atoms with E-state index in [-0.39, 0.29) is 0 Å². The van der Waals surface area contributed by atoms with Crippen LogP contribution in [0.15, 0.2) is 0 Å². The van der Waals surface area contributed by atoms with Gasteiger partial charge in [-0.2, -0.15) is 0 Å². The molecule has 0 spiro atoms. The molecule has 5 heteroatoms. The van der Waals surface area contributed by atoms with E-state index in [1.54, 1.807) is 0 Å². The van der Waals surface area contributed by atoms with Gasteiger partial charge in [-0.1, -0.05) is 29.0 Å². The molecule has 1 fully saturated rings. The SMILES string of the molecule is NOCCCCCC(=O)N1CCC(I)CC1. The Morgan fingerprint density at radius 2 is 2.00 bits per heavy atom. The molecule has 1 aliphatic rings. The largest absolute Gasteiger partial charge is 0.343 e. The number of amides is 1. The molecule has 0 atom stereocenters. The van der Waals surface area contributed by atoms with E-state index in [1.807, 2.05) is 4.90 Å². The number of likely N-dealkylation sites (tertiary alicyclic amines) is 1. The van der Waals surface area contributed by atoms with Gasteiger partial charge in [-0.25, -0.2) is 5.90 Å². The Labute approximate surface area is 111 Å². The van der Waals surface area contributed by atoms with Crippen molar-refractivity contribution in [2.75, 3.05) is 19.7 Å². The maximum absolute atomic E-state index is 11.8. The molecule has 1 saturated heterocycles. The number of nitrogens with zero attached hydrogens (tertiary/aromatic N) is 1. The van der Waals surface area contributed by atoms with Gasteiger partial charge in [0.05, 0.1) is 6.61 Å². The van der Waals surface area contributed by atoms with Gasteiger partial charge in [0.25, 0.3) is 0 Å². The van der Waals surface area contributed by atoms with E-state index in [2.05, 4.69) is 27.4 Å². The first-order valence-corrected chi connectivity index (χ1v) is 7.22. The first-order valence-electron chi connectivity index (χ1n) is 5.97. The fourth-order valence-corrected chi connectivity index (χ4v) is 2.45. The van der Waals surface area contributed by atoms with Crippen LogP contribution >= 0.6 is 22.6 Å². The number of piperidine rings is 1. The molecule has 0 radical (unpaired) electrons. The summed E-state index contributed by atoms with van der Waals surface area (Å²) in [5.74, 6) is 5.24. The lowest BCUT2D eigenvalue weighted by atomic mass is 10.1. The number of rotatable bonds is 6. The zero-order chi connectivity index (χ0) is 11.8. The number of alkyl halides is 1. The monoisotopic (exact) mass is 340 g/mol. The summed E-state index contributed by atoms with van der Waals surface area (Å²) in [6.45, 7) is 2.48. The topological polar surface area (TPSA) is 55.6 Å². The highest BCUT2D eigenvalue weighted by Crippen LogP contribution is 2.18. The van der Waals surface area contributed by atoms with Crippen LogP contribution in [-0.2, 0) is 9.63 Å². The van der Waals surface area contributed by atoms with Gasteiger partial charge >= 0.3 is 0 Å². The predicted octanol–water partition coefficient (Wildman–Crippen LogP) is 1.86. The number of carbonyl (C=O) groups excluding carboxylic acids is 1. The summed E-state index contributed by atoms with van der Waals surface area (Å²) in [5, 5.41) is 0. The van der Waals surface area contributed by atoms with Crippen molar-refractivity contribution in [3.05, 3.63) is 0 Å². The van der Waals surface area contributed by atoms with Gasteiger partial charge in [-0.05, 0) is 25.7 Å². The van der Waals surface area contributed by atoms with Crippen molar-refractivity contribution >= 4 is 28.5 Å². The van der Waals surface area contributed by atoms with Crippen molar-refractivity contribution in [1.29, 1.82) is 0 Å².